The number of H-pyrrole nitrogens is 1. The zero-order valence-corrected chi connectivity index (χ0v) is 9.17. The highest BCUT2D eigenvalue weighted by Gasteiger charge is 2.01. The fourth-order valence-electron chi connectivity index (χ4n) is 1.39. The Balaban J connectivity index is 1.79. The molecule has 3 rings (SSSR count). The van der Waals surface area contributed by atoms with Crippen LogP contribution in [0.4, 0.5) is 0 Å². The van der Waals surface area contributed by atoms with Crippen LogP contribution in [-0.4, -0.2) is 41.7 Å². The van der Waals surface area contributed by atoms with Crippen LogP contribution in [0.1, 0.15) is 5.56 Å². The minimum absolute atomic E-state index is 0.567. The average molecular weight is 240 g/mol. The zero-order chi connectivity index (χ0) is 12.2. The fraction of sp³-hybridized carbons (Fsp3) is 0. The Morgan fingerprint density at radius 2 is 1.89 bits per heavy atom. The summed E-state index contributed by atoms with van der Waals surface area (Å²) < 4.78 is 1.52. The van der Waals surface area contributed by atoms with Crippen LogP contribution in [0.15, 0.2) is 42.0 Å². The predicted molar refractivity (Wildman–Crippen MR) is 62.6 cm³/mol. The van der Waals surface area contributed by atoms with Crippen molar-refractivity contribution in [2.75, 3.05) is 0 Å². The standard InChI is InChI=1S/C10H8N8/c1-3-9(10-14-16-17-15-10)4-2-8(1)5-13-18-6-11-12-7-18/h1-7H,(H,14,15,16,17)/b13-5-. The summed E-state index contributed by atoms with van der Waals surface area (Å²) in [7, 11) is 0. The molecule has 0 aliphatic carbocycles. The van der Waals surface area contributed by atoms with Gasteiger partial charge < -0.3 is 0 Å². The van der Waals surface area contributed by atoms with Gasteiger partial charge >= 0.3 is 0 Å². The summed E-state index contributed by atoms with van der Waals surface area (Å²) in [5, 5.41) is 25.2. The second-order valence-electron chi connectivity index (χ2n) is 3.44. The molecule has 1 aromatic carbocycles. The van der Waals surface area contributed by atoms with E-state index >= 15 is 0 Å². The van der Waals surface area contributed by atoms with Gasteiger partial charge in [0, 0.05) is 5.56 Å². The summed E-state index contributed by atoms with van der Waals surface area (Å²) in [5.41, 5.74) is 1.85. The Hall–Kier alpha value is -2.90. The van der Waals surface area contributed by atoms with E-state index in [1.165, 1.54) is 17.3 Å². The molecular formula is C10H8N8. The quantitative estimate of drug-likeness (QED) is 0.666. The normalized spacial score (nSPS) is 11.1. The molecule has 3 aromatic rings. The Morgan fingerprint density at radius 3 is 2.56 bits per heavy atom. The molecule has 88 valence electrons. The molecule has 0 aliphatic rings. The minimum Gasteiger partial charge on any atom is -0.208 e. The number of nitrogens with one attached hydrogen (secondary N) is 1. The van der Waals surface area contributed by atoms with Crippen LogP contribution in [0.3, 0.4) is 0 Å². The second-order valence-corrected chi connectivity index (χ2v) is 3.44. The smallest absolute Gasteiger partial charge is 0.204 e. The number of aromatic amines is 1. The molecule has 0 bridgehead atoms. The first-order chi connectivity index (χ1) is 8.92. The Kier molecular flexibility index (Phi) is 2.59. The fourth-order valence-corrected chi connectivity index (χ4v) is 1.39. The Labute approximate surface area is 101 Å². The van der Waals surface area contributed by atoms with E-state index in [0.717, 1.165) is 11.1 Å². The highest BCUT2D eigenvalue weighted by Crippen LogP contribution is 2.12. The molecule has 0 radical (unpaired) electrons. The maximum Gasteiger partial charge on any atom is 0.204 e. The average Bonchev–Trinajstić information content (AvgIpc) is 3.10. The third kappa shape index (κ3) is 2.12. The first-order valence-corrected chi connectivity index (χ1v) is 5.15. The molecule has 0 atom stereocenters. The van der Waals surface area contributed by atoms with Gasteiger partial charge in [-0.05, 0) is 10.8 Å². The Bertz CT molecular complexity index is 623. The van der Waals surface area contributed by atoms with Gasteiger partial charge in [-0.3, -0.25) is 0 Å². The van der Waals surface area contributed by atoms with E-state index < -0.39 is 0 Å². The van der Waals surface area contributed by atoms with Gasteiger partial charge in [-0.1, -0.05) is 24.3 Å². The van der Waals surface area contributed by atoms with Crippen LogP contribution in [0.5, 0.6) is 0 Å². The topological polar surface area (TPSA) is 97.5 Å². The van der Waals surface area contributed by atoms with E-state index in [9.17, 15) is 0 Å². The monoisotopic (exact) mass is 240 g/mol. The SMILES string of the molecule is C(=N/n1cnnc1)/c1ccc(-c2nn[nH]n2)cc1. The second kappa shape index (κ2) is 4.53. The number of aromatic nitrogens is 7. The summed E-state index contributed by atoms with van der Waals surface area (Å²) in [4.78, 5) is 0. The lowest BCUT2D eigenvalue weighted by Gasteiger charge is -1.95. The van der Waals surface area contributed by atoms with Crippen molar-refractivity contribution in [1.82, 2.24) is 35.5 Å². The zero-order valence-electron chi connectivity index (χ0n) is 9.17. The molecule has 8 heteroatoms. The number of hydrogen-bond acceptors (Lipinski definition) is 6. The highest BCUT2D eigenvalue weighted by atomic mass is 15.5. The summed E-state index contributed by atoms with van der Waals surface area (Å²) in [6.45, 7) is 0. The molecule has 1 N–H and O–H groups in total. The summed E-state index contributed by atoms with van der Waals surface area (Å²) in [5.74, 6) is 0.567. The largest absolute Gasteiger partial charge is 0.208 e. The van der Waals surface area contributed by atoms with Gasteiger partial charge in [-0.25, -0.2) is 4.68 Å². The molecule has 18 heavy (non-hydrogen) atoms. The molecule has 2 heterocycles. The molecule has 8 nitrogen and oxygen atoms in total. The number of hydrogen-bond donors (Lipinski definition) is 1. The maximum atomic E-state index is 4.15. The molecular weight excluding hydrogens is 232 g/mol. The van der Waals surface area contributed by atoms with Gasteiger partial charge in [0.15, 0.2) is 0 Å². The third-order valence-electron chi connectivity index (χ3n) is 2.26. The van der Waals surface area contributed by atoms with E-state index in [1.807, 2.05) is 24.3 Å². The van der Waals surface area contributed by atoms with Crippen LogP contribution in [0.25, 0.3) is 11.4 Å². The number of nitrogens with zero attached hydrogens (tertiary/aromatic N) is 7. The van der Waals surface area contributed by atoms with Gasteiger partial charge in [0.25, 0.3) is 0 Å². The third-order valence-corrected chi connectivity index (χ3v) is 2.26. The lowest BCUT2D eigenvalue weighted by atomic mass is 10.1. The number of benzene rings is 1. The van der Waals surface area contributed by atoms with Crippen molar-refractivity contribution in [2.24, 2.45) is 5.10 Å². The van der Waals surface area contributed by atoms with Gasteiger partial charge in [0.1, 0.15) is 12.7 Å². The van der Waals surface area contributed by atoms with Crippen molar-refractivity contribution >= 4 is 6.21 Å². The lowest BCUT2D eigenvalue weighted by molar-refractivity contribution is 0.878. The molecule has 0 saturated heterocycles. The van der Waals surface area contributed by atoms with Crippen LogP contribution in [-0.2, 0) is 0 Å². The van der Waals surface area contributed by atoms with Crippen molar-refractivity contribution in [3.63, 3.8) is 0 Å². The van der Waals surface area contributed by atoms with Crippen LogP contribution in [0, 0.1) is 0 Å². The Morgan fingerprint density at radius 1 is 1.11 bits per heavy atom. The van der Waals surface area contributed by atoms with Gasteiger partial charge in [0.2, 0.25) is 5.82 Å². The van der Waals surface area contributed by atoms with Crippen molar-refractivity contribution in [1.29, 1.82) is 0 Å². The molecule has 0 unspecified atom stereocenters. The number of rotatable bonds is 3. The van der Waals surface area contributed by atoms with E-state index in [2.05, 4.69) is 35.9 Å². The van der Waals surface area contributed by atoms with Crippen molar-refractivity contribution in [2.45, 2.75) is 0 Å². The van der Waals surface area contributed by atoms with Crippen LogP contribution in [0.2, 0.25) is 0 Å². The van der Waals surface area contributed by atoms with Crippen LogP contribution < -0.4 is 0 Å². The molecule has 0 fully saturated rings. The van der Waals surface area contributed by atoms with E-state index in [-0.39, 0.29) is 0 Å². The van der Waals surface area contributed by atoms with Crippen LogP contribution >= 0.6 is 0 Å². The summed E-state index contributed by atoms with van der Waals surface area (Å²) >= 11 is 0. The first kappa shape index (κ1) is 10.3. The molecule has 0 saturated carbocycles. The van der Waals surface area contributed by atoms with Gasteiger partial charge in [-0.15, -0.1) is 20.4 Å². The molecule has 2 aromatic heterocycles. The highest BCUT2D eigenvalue weighted by molar-refractivity contribution is 5.80. The molecule has 0 aliphatic heterocycles. The van der Waals surface area contributed by atoms with Crippen molar-refractivity contribution in [3.05, 3.63) is 42.5 Å². The summed E-state index contributed by atoms with van der Waals surface area (Å²) in [6, 6.07) is 7.63. The van der Waals surface area contributed by atoms with Crippen molar-refractivity contribution < 1.29 is 0 Å². The molecule has 0 spiro atoms. The van der Waals surface area contributed by atoms with E-state index in [1.54, 1.807) is 6.21 Å². The number of tetrazole rings is 1. The lowest BCUT2D eigenvalue weighted by Crippen LogP contribution is -1.88. The minimum atomic E-state index is 0.567. The first-order valence-electron chi connectivity index (χ1n) is 5.15. The summed E-state index contributed by atoms with van der Waals surface area (Å²) in [6.07, 6.45) is 4.75. The van der Waals surface area contributed by atoms with E-state index in [0.29, 0.717) is 5.82 Å². The van der Waals surface area contributed by atoms with Gasteiger partial charge in [-0.2, -0.15) is 10.3 Å². The maximum absolute atomic E-state index is 4.15. The van der Waals surface area contributed by atoms with Gasteiger partial charge in [0.05, 0.1) is 6.21 Å². The van der Waals surface area contributed by atoms with Crippen molar-refractivity contribution in [3.8, 4) is 11.4 Å². The predicted octanol–water partition coefficient (Wildman–Crippen LogP) is 0.340. The molecule has 0 amide bonds. The van der Waals surface area contributed by atoms with E-state index in [4.69, 9.17) is 0 Å².